The van der Waals surface area contributed by atoms with E-state index in [1.54, 1.807) is 60.7 Å². The van der Waals surface area contributed by atoms with Crippen LogP contribution in [0.1, 0.15) is 5.56 Å². The lowest BCUT2D eigenvalue weighted by Gasteiger charge is -2.20. The Balaban J connectivity index is 2.25. The van der Waals surface area contributed by atoms with E-state index in [9.17, 15) is 13.2 Å². The summed E-state index contributed by atoms with van der Waals surface area (Å²) in [5.74, 6) is 0. The first-order valence-corrected chi connectivity index (χ1v) is 9.12. The van der Waals surface area contributed by atoms with Gasteiger partial charge in [-0.15, -0.1) is 0 Å². The van der Waals surface area contributed by atoms with Gasteiger partial charge >= 0.3 is 6.18 Å². The number of alkyl halides is 3. The normalized spacial score (nSPS) is 11.8. The maximum atomic E-state index is 14.3. The first-order chi connectivity index (χ1) is 13.4. The van der Waals surface area contributed by atoms with Crippen molar-refractivity contribution in [2.75, 3.05) is 0 Å². The van der Waals surface area contributed by atoms with E-state index in [0.717, 1.165) is 0 Å². The Kier molecular flexibility index (Phi) is 4.77. The van der Waals surface area contributed by atoms with Crippen LogP contribution in [-0.4, -0.2) is 4.98 Å². The number of fused-ring (bicyclic) bond motifs is 1. The van der Waals surface area contributed by atoms with E-state index in [0.29, 0.717) is 11.1 Å². The summed E-state index contributed by atoms with van der Waals surface area (Å²) in [7, 11) is 0. The molecule has 0 spiro atoms. The highest BCUT2D eigenvalue weighted by atomic mass is 35.5. The van der Waals surface area contributed by atoms with Crippen molar-refractivity contribution in [2.45, 2.75) is 6.18 Å². The lowest BCUT2D eigenvalue weighted by atomic mass is 9.91. The number of nitrogens with zero attached hydrogens (tertiary/aromatic N) is 1. The molecule has 3 aromatic carbocycles. The quantitative estimate of drug-likeness (QED) is 0.323. The first-order valence-electron chi connectivity index (χ1n) is 8.37. The third-order valence-corrected chi connectivity index (χ3v) is 4.91. The van der Waals surface area contributed by atoms with Crippen LogP contribution in [0, 0.1) is 0 Å². The van der Waals surface area contributed by atoms with Crippen LogP contribution in [0.5, 0.6) is 0 Å². The monoisotopic (exact) mass is 417 g/mol. The fourth-order valence-corrected chi connectivity index (χ4v) is 3.81. The summed E-state index contributed by atoms with van der Waals surface area (Å²) < 4.78 is 42.9. The lowest BCUT2D eigenvalue weighted by Crippen LogP contribution is -2.11. The van der Waals surface area contributed by atoms with Crippen molar-refractivity contribution in [1.82, 2.24) is 4.98 Å². The highest BCUT2D eigenvalue weighted by Gasteiger charge is 2.38. The third-order valence-electron chi connectivity index (χ3n) is 4.40. The Morgan fingerprint density at radius 1 is 0.750 bits per heavy atom. The van der Waals surface area contributed by atoms with Crippen molar-refractivity contribution in [3.05, 3.63) is 88.4 Å². The predicted molar refractivity (Wildman–Crippen MR) is 108 cm³/mol. The van der Waals surface area contributed by atoms with E-state index < -0.39 is 11.7 Å². The average Bonchev–Trinajstić information content (AvgIpc) is 2.67. The molecule has 0 fully saturated rings. The van der Waals surface area contributed by atoms with Crippen molar-refractivity contribution in [3.63, 3.8) is 0 Å². The minimum Gasteiger partial charge on any atom is -0.246 e. The number of aromatic nitrogens is 1. The molecular weight excluding hydrogens is 406 g/mol. The molecule has 0 unspecified atom stereocenters. The van der Waals surface area contributed by atoms with Gasteiger partial charge in [-0.1, -0.05) is 83.9 Å². The van der Waals surface area contributed by atoms with Crippen LogP contribution in [0.3, 0.4) is 0 Å². The third kappa shape index (κ3) is 3.34. The Labute approximate surface area is 169 Å². The molecule has 0 saturated heterocycles. The summed E-state index contributed by atoms with van der Waals surface area (Å²) in [4.78, 5) is 4.55. The molecule has 1 aromatic heterocycles. The zero-order chi connectivity index (χ0) is 19.9. The second kappa shape index (κ2) is 7.12. The van der Waals surface area contributed by atoms with Crippen LogP contribution in [0.25, 0.3) is 33.3 Å². The summed E-state index contributed by atoms with van der Waals surface area (Å²) >= 11 is 12.2. The summed E-state index contributed by atoms with van der Waals surface area (Å²) in [5, 5.41) is 0.0737. The molecule has 28 heavy (non-hydrogen) atoms. The van der Waals surface area contributed by atoms with Crippen LogP contribution in [0.15, 0.2) is 72.8 Å². The summed E-state index contributed by atoms with van der Waals surface area (Å²) in [6.07, 6.45) is -4.64. The number of halogens is 5. The van der Waals surface area contributed by atoms with Gasteiger partial charge in [0, 0.05) is 21.5 Å². The average molecular weight is 418 g/mol. The van der Waals surface area contributed by atoms with Crippen molar-refractivity contribution in [2.24, 2.45) is 0 Å². The van der Waals surface area contributed by atoms with Crippen molar-refractivity contribution in [1.29, 1.82) is 0 Å². The number of hydrogen-bond donors (Lipinski definition) is 0. The topological polar surface area (TPSA) is 12.9 Å². The van der Waals surface area contributed by atoms with Gasteiger partial charge in [-0.05, 0) is 17.7 Å². The van der Waals surface area contributed by atoms with Crippen molar-refractivity contribution < 1.29 is 13.2 Å². The maximum absolute atomic E-state index is 14.3. The Morgan fingerprint density at radius 3 is 1.89 bits per heavy atom. The highest BCUT2D eigenvalue weighted by molar-refractivity contribution is 6.38. The summed E-state index contributed by atoms with van der Waals surface area (Å²) in [6.45, 7) is 0. The molecule has 0 aliphatic carbocycles. The lowest BCUT2D eigenvalue weighted by molar-refractivity contribution is -0.135. The molecule has 0 N–H and O–H groups in total. The fourth-order valence-electron chi connectivity index (χ4n) is 3.28. The minimum atomic E-state index is -4.64. The van der Waals surface area contributed by atoms with Gasteiger partial charge in [-0.3, -0.25) is 0 Å². The second-order valence-corrected chi connectivity index (χ2v) is 7.07. The van der Waals surface area contributed by atoms with Gasteiger partial charge in [0.15, 0.2) is 0 Å². The molecule has 4 aromatic rings. The van der Waals surface area contributed by atoms with E-state index >= 15 is 0 Å². The van der Waals surface area contributed by atoms with Crippen LogP contribution in [0.2, 0.25) is 10.0 Å². The summed E-state index contributed by atoms with van der Waals surface area (Å²) in [6, 6.07) is 19.8. The van der Waals surface area contributed by atoms with Crippen LogP contribution < -0.4 is 0 Å². The Bertz CT molecular complexity index is 1160. The largest absolute Gasteiger partial charge is 0.417 e. The van der Waals surface area contributed by atoms with E-state index in [4.69, 9.17) is 23.2 Å². The molecule has 140 valence electrons. The molecule has 0 atom stereocenters. The standard InChI is InChI=1S/C22H12Cl2F3N/c23-15-11-16-19(22(25,26)27)18(13-7-3-1-4-8-13)20(14-9-5-2-6-10-14)28-21(16)17(24)12-15/h1-12H. The molecule has 0 bridgehead atoms. The van der Waals surface area contributed by atoms with Gasteiger partial charge in [0.2, 0.25) is 0 Å². The van der Waals surface area contributed by atoms with Crippen LogP contribution in [0.4, 0.5) is 13.2 Å². The van der Waals surface area contributed by atoms with Crippen molar-refractivity contribution >= 4 is 34.1 Å². The van der Waals surface area contributed by atoms with E-state index in [1.807, 2.05) is 0 Å². The minimum absolute atomic E-state index is 0.00475. The van der Waals surface area contributed by atoms with Gasteiger partial charge in [0.05, 0.1) is 21.8 Å². The highest BCUT2D eigenvalue weighted by Crippen LogP contribution is 2.47. The fraction of sp³-hybridized carbons (Fsp3) is 0.0455. The zero-order valence-electron chi connectivity index (χ0n) is 14.3. The molecular formula is C22H12Cl2F3N. The molecule has 0 radical (unpaired) electrons. The number of rotatable bonds is 2. The first kappa shape index (κ1) is 18.8. The SMILES string of the molecule is FC(F)(F)c1c(-c2ccccc2)c(-c2ccccc2)nc2c(Cl)cc(Cl)cc12. The van der Waals surface area contributed by atoms with E-state index in [-0.39, 0.29) is 32.2 Å². The van der Waals surface area contributed by atoms with Gasteiger partial charge in [-0.25, -0.2) is 4.98 Å². The van der Waals surface area contributed by atoms with E-state index in [2.05, 4.69) is 4.98 Å². The van der Waals surface area contributed by atoms with Crippen LogP contribution >= 0.6 is 23.2 Å². The Morgan fingerprint density at radius 2 is 1.32 bits per heavy atom. The molecule has 4 rings (SSSR count). The number of hydrogen-bond acceptors (Lipinski definition) is 1. The van der Waals surface area contributed by atoms with Crippen LogP contribution in [-0.2, 0) is 6.18 Å². The van der Waals surface area contributed by atoms with Gasteiger partial charge in [0.25, 0.3) is 0 Å². The molecule has 0 aliphatic heterocycles. The smallest absolute Gasteiger partial charge is 0.246 e. The Hall–Kier alpha value is -2.56. The summed E-state index contributed by atoms with van der Waals surface area (Å²) in [5.41, 5.74) is 0.476. The molecule has 0 amide bonds. The van der Waals surface area contributed by atoms with Gasteiger partial charge in [-0.2, -0.15) is 13.2 Å². The maximum Gasteiger partial charge on any atom is 0.417 e. The molecule has 0 saturated carbocycles. The number of benzene rings is 3. The number of pyridine rings is 1. The van der Waals surface area contributed by atoms with Gasteiger partial charge < -0.3 is 0 Å². The van der Waals surface area contributed by atoms with E-state index in [1.165, 1.54) is 12.1 Å². The van der Waals surface area contributed by atoms with Gasteiger partial charge in [0.1, 0.15) is 0 Å². The molecule has 1 heterocycles. The predicted octanol–water partition coefficient (Wildman–Crippen LogP) is 7.89. The zero-order valence-corrected chi connectivity index (χ0v) is 15.8. The molecule has 6 heteroatoms. The molecule has 0 aliphatic rings. The van der Waals surface area contributed by atoms with Crippen molar-refractivity contribution in [3.8, 4) is 22.4 Å². The second-order valence-electron chi connectivity index (χ2n) is 6.22. The molecule has 1 nitrogen and oxygen atoms in total.